The molecule has 0 atom stereocenters. The second-order valence-electron chi connectivity index (χ2n) is 12.3. The molecule has 0 radical (unpaired) electrons. The number of hydrogen-bond acceptors (Lipinski definition) is 9. The molecule has 13 nitrogen and oxygen atoms in total. The highest BCUT2D eigenvalue weighted by Crippen LogP contribution is 2.41. The monoisotopic (exact) mass is 665 g/mol. The lowest BCUT2D eigenvalue weighted by Crippen LogP contribution is -2.35. The van der Waals surface area contributed by atoms with Gasteiger partial charge in [-0.15, -0.1) is 0 Å². The smallest absolute Gasteiger partial charge is 0.274 e. The van der Waals surface area contributed by atoms with Crippen molar-refractivity contribution >= 4 is 17.7 Å². The number of amides is 3. The zero-order valence-corrected chi connectivity index (χ0v) is 27.5. The van der Waals surface area contributed by atoms with Crippen molar-refractivity contribution in [3.8, 4) is 28.4 Å². The number of aryl methyl sites for hydroxylation is 2. The highest BCUT2D eigenvalue weighted by molar-refractivity contribution is 5.96. The van der Waals surface area contributed by atoms with Gasteiger partial charge in [-0.05, 0) is 74.1 Å². The Balaban J connectivity index is 1.19. The number of nitrogens with zero attached hydrogens (tertiary/aromatic N) is 6. The third-order valence-corrected chi connectivity index (χ3v) is 9.09. The molecule has 0 unspecified atom stereocenters. The summed E-state index contributed by atoms with van der Waals surface area (Å²) < 4.78 is 20.3. The van der Waals surface area contributed by atoms with Crippen molar-refractivity contribution in [2.24, 2.45) is 0 Å². The van der Waals surface area contributed by atoms with E-state index in [1.165, 1.54) is 18.6 Å². The lowest BCUT2D eigenvalue weighted by Gasteiger charge is -2.22. The van der Waals surface area contributed by atoms with Crippen LogP contribution >= 0.6 is 0 Å². The third kappa shape index (κ3) is 6.92. The van der Waals surface area contributed by atoms with Gasteiger partial charge in [0, 0.05) is 67.5 Å². The standard InChI is InChI=1S/C36H39N7O6/c1-47-31-8-7-24-19-28(31)25-18-26-23-42(36(46)30-22-37-10-11-38-30)15-17-49-33(26)32(20-25)48-16-3-2-12-41(13-5-9-39-34(24)44)35(45)29-21-27-6-4-14-43(27)40-29/h7-8,10-11,18-22H,2-6,9,12-17,23H2,1H3,(H,39,44). The van der Waals surface area contributed by atoms with E-state index in [4.69, 9.17) is 14.2 Å². The van der Waals surface area contributed by atoms with Gasteiger partial charge in [0.15, 0.2) is 17.2 Å². The lowest BCUT2D eigenvalue weighted by molar-refractivity contribution is 0.0723. The number of ether oxygens (including phenoxy) is 3. The van der Waals surface area contributed by atoms with Crippen LogP contribution in [0.4, 0.5) is 0 Å². The Kier molecular flexibility index (Phi) is 9.40. The number of carbonyl (C=O) groups is 3. The SMILES string of the molecule is COc1ccc2cc1-c1cc3c(c(c1)OCCCCN(C(=O)c1cc4n(n1)CCC4)CCCNC2=O)OCCN(C(=O)c1cnccn1)C3. The summed E-state index contributed by atoms with van der Waals surface area (Å²) in [6, 6.07) is 11.0. The maximum absolute atomic E-state index is 13.6. The van der Waals surface area contributed by atoms with Crippen LogP contribution in [0, 0.1) is 0 Å². The fourth-order valence-corrected chi connectivity index (χ4v) is 6.57. The zero-order chi connectivity index (χ0) is 33.7. The van der Waals surface area contributed by atoms with E-state index in [0.29, 0.717) is 86.1 Å². The van der Waals surface area contributed by atoms with Crippen LogP contribution in [0.25, 0.3) is 11.1 Å². The molecule has 3 amide bonds. The molecule has 0 saturated carbocycles. The molecule has 3 aliphatic heterocycles. The fourth-order valence-electron chi connectivity index (χ4n) is 6.57. The molecular weight excluding hydrogens is 626 g/mol. The van der Waals surface area contributed by atoms with Crippen LogP contribution in [0.2, 0.25) is 0 Å². The Labute approximate surface area is 284 Å². The van der Waals surface area contributed by atoms with E-state index in [0.717, 1.165) is 36.2 Å². The molecule has 13 heteroatoms. The minimum atomic E-state index is -0.251. The summed E-state index contributed by atoms with van der Waals surface area (Å²) in [5, 5.41) is 7.58. The van der Waals surface area contributed by atoms with Crippen LogP contribution in [0.15, 0.2) is 55.0 Å². The molecule has 49 heavy (non-hydrogen) atoms. The molecule has 0 saturated heterocycles. The van der Waals surface area contributed by atoms with Crippen molar-refractivity contribution in [2.45, 2.75) is 45.2 Å². The Morgan fingerprint density at radius 1 is 0.857 bits per heavy atom. The van der Waals surface area contributed by atoms with E-state index in [9.17, 15) is 14.4 Å². The van der Waals surface area contributed by atoms with Gasteiger partial charge in [-0.1, -0.05) is 0 Å². The number of aromatic nitrogens is 4. The number of nitrogens with one attached hydrogen (secondary N) is 1. The number of hydrogen-bond donors (Lipinski definition) is 1. The molecule has 0 aliphatic carbocycles. The van der Waals surface area contributed by atoms with E-state index < -0.39 is 0 Å². The second-order valence-corrected chi connectivity index (χ2v) is 12.3. The molecule has 3 aliphatic rings. The molecule has 0 fully saturated rings. The predicted octanol–water partition coefficient (Wildman–Crippen LogP) is 3.76. The largest absolute Gasteiger partial charge is 0.496 e. The molecule has 254 valence electrons. The Hall–Kier alpha value is -5.46. The van der Waals surface area contributed by atoms with Crippen molar-refractivity contribution < 1.29 is 28.6 Å². The number of rotatable bonds is 3. The van der Waals surface area contributed by atoms with Gasteiger partial charge in [-0.3, -0.25) is 24.0 Å². The zero-order valence-electron chi connectivity index (χ0n) is 27.5. The summed E-state index contributed by atoms with van der Waals surface area (Å²) in [4.78, 5) is 52.1. The van der Waals surface area contributed by atoms with Gasteiger partial charge in [0.2, 0.25) is 0 Å². The fraction of sp³-hybridized carbons (Fsp3) is 0.389. The number of carbonyl (C=O) groups excluding carboxylic acids is 3. The third-order valence-electron chi connectivity index (χ3n) is 9.09. The van der Waals surface area contributed by atoms with Crippen LogP contribution in [0.5, 0.6) is 17.2 Å². The molecule has 4 bridgehead atoms. The summed E-state index contributed by atoms with van der Waals surface area (Å²) in [5.74, 6) is 1.10. The number of benzene rings is 2. The topological polar surface area (TPSA) is 141 Å². The minimum absolute atomic E-state index is 0.0983. The minimum Gasteiger partial charge on any atom is -0.496 e. The van der Waals surface area contributed by atoms with Crippen molar-refractivity contribution in [3.05, 3.63) is 83.2 Å². The van der Waals surface area contributed by atoms with E-state index in [-0.39, 0.29) is 36.6 Å². The van der Waals surface area contributed by atoms with Crippen molar-refractivity contribution in [3.63, 3.8) is 0 Å². The van der Waals surface area contributed by atoms with Gasteiger partial charge < -0.3 is 29.3 Å². The van der Waals surface area contributed by atoms with E-state index in [1.807, 2.05) is 27.8 Å². The summed E-state index contributed by atoms with van der Waals surface area (Å²) in [7, 11) is 1.59. The molecule has 0 spiro atoms. The molecule has 2 aromatic carbocycles. The van der Waals surface area contributed by atoms with Gasteiger partial charge in [-0.2, -0.15) is 5.10 Å². The molecule has 4 aromatic rings. The average Bonchev–Trinajstić information content (AvgIpc) is 3.68. The maximum atomic E-state index is 13.6. The quantitative estimate of drug-likeness (QED) is 0.346. The lowest BCUT2D eigenvalue weighted by atomic mass is 9.98. The maximum Gasteiger partial charge on any atom is 0.274 e. The van der Waals surface area contributed by atoms with Crippen molar-refractivity contribution in [1.29, 1.82) is 0 Å². The first-order chi connectivity index (χ1) is 24.0. The van der Waals surface area contributed by atoms with Crippen LogP contribution in [0.3, 0.4) is 0 Å². The van der Waals surface area contributed by atoms with E-state index in [1.54, 1.807) is 30.2 Å². The van der Waals surface area contributed by atoms with E-state index in [2.05, 4.69) is 20.4 Å². The molecule has 1 N–H and O–H groups in total. The van der Waals surface area contributed by atoms with E-state index >= 15 is 0 Å². The number of fused-ring (bicyclic) bond motifs is 8. The van der Waals surface area contributed by atoms with Gasteiger partial charge in [0.25, 0.3) is 17.7 Å². The summed E-state index contributed by atoms with van der Waals surface area (Å²) in [6.07, 6.45) is 8.45. The van der Waals surface area contributed by atoms with Crippen molar-refractivity contribution in [2.75, 3.05) is 46.5 Å². The molecule has 2 aromatic heterocycles. The Bertz CT molecular complexity index is 1840. The number of methoxy groups -OCH3 is 1. The molecule has 7 rings (SSSR count). The van der Waals surface area contributed by atoms with Gasteiger partial charge >= 0.3 is 0 Å². The molecule has 5 heterocycles. The summed E-state index contributed by atoms with van der Waals surface area (Å²) in [6.45, 7) is 3.52. The van der Waals surface area contributed by atoms with Gasteiger partial charge in [0.05, 0.1) is 26.5 Å². The van der Waals surface area contributed by atoms with Gasteiger partial charge in [-0.25, -0.2) is 4.98 Å². The summed E-state index contributed by atoms with van der Waals surface area (Å²) >= 11 is 0. The predicted molar refractivity (Wildman–Crippen MR) is 179 cm³/mol. The normalized spacial score (nSPS) is 16.6. The highest BCUT2D eigenvalue weighted by atomic mass is 16.5. The van der Waals surface area contributed by atoms with Crippen LogP contribution in [-0.2, 0) is 19.5 Å². The second kappa shape index (κ2) is 14.3. The van der Waals surface area contributed by atoms with Crippen LogP contribution in [-0.4, -0.2) is 93.8 Å². The Morgan fingerprint density at radius 2 is 1.73 bits per heavy atom. The van der Waals surface area contributed by atoms with Crippen LogP contribution in [0.1, 0.15) is 68.3 Å². The first-order valence-corrected chi connectivity index (χ1v) is 16.8. The van der Waals surface area contributed by atoms with Crippen molar-refractivity contribution in [1.82, 2.24) is 34.9 Å². The first-order valence-electron chi connectivity index (χ1n) is 16.8. The Morgan fingerprint density at radius 3 is 2.57 bits per heavy atom. The highest BCUT2D eigenvalue weighted by Gasteiger charge is 2.27. The molecular formula is C36H39N7O6. The van der Waals surface area contributed by atoms with Gasteiger partial charge in [0.1, 0.15) is 18.1 Å². The average molecular weight is 666 g/mol. The summed E-state index contributed by atoms with van der Waals surface area (Å²) in [5.41, 5.74) is 4.49. The van der Waals surface area contributed by atoms with Crippen LogP contribution < -0.4 is 19.5 Å². The first kappa shape index (κ1) is 32.1.